The van der Waals surface area contributed by atoms with Crippen LogP contribution in [0.15, 0.2) is 6.07 Å². The number of carboxylic acids is 1. The van der Waals surface area contributed by atoms with Crippen molar-refractivity contribution in [1.82, 2.24) is 0 Å². The van der Waals surface area contributed by atoms with E-state index in [0.29, 0.717) is 5.56 Å². The van der Waals surface area contributed by atoms with Gasteiger partial charge < -0.3 is 19.3 Å². The van der Waals surface area contributed by atoms with Crippen molar-refractivity contribution in [2.45, 2.75) is 6.61 Å². The topological polar surface area (TPSA) is 82.1 Å². The summed E-state index contributed by atoms with van der Waals surface area (Å²) in [5.74, 6) is -1.68. The molecule has 0 radical (unpaired) electrons. The van der Waals surface area contributed by atoms with Crippen LogP contribution in [0.4, 0.5) is 0 Å². The van der Waals surface area contributed by atoms with E-state index in [4.69, 9.17) is 19.3 Å². The lowest BCUT2D eigenvalue weighted by Gasteiger charge is -2.12. The van der Waals surface area contributed by atoms with Crippen LogP contribution in [-0.4, -0.2) is 31.3 Å². The first kappa shape index (κ1) is 11.3. The molecule has 0 aromatic heterocycles. The minimum Gasteiger partial charge on any atom is -0.496 e. The summed E-state index contributed by atoms with van der Waals surface area (Å²) in [6.07, 6.45) is 0. The van der Waals surface area contributed by atoms with Gasteiger partial charge in [-0.25, -0.2) is 9.59 Å². The summed E-state index contributed by atoms with van der Waals surface area (Å²) in [4.78, 5) is 22.6. The smallest absolute Gasteiger partial charge is 0.343 e. The van der Waals surface area contributed by atoms with Crippen LogP contribution in [0.2, 0.25) is 0 Å². The third-order valence-electron chi connectivity index (χ3n) is 2.53. The van der Waals surface area contributed by atoms with Crippen LogP contribution in [0, 0.1) is 0 Å². The van der Waals surface area contributed by atoms with E-state index < -0.39 is 11.9 Å². The Balaban J connectivity index is 2.78. The predicted molar refractivity (Wildman–Crippen MR) is 55.6 cm³/mol. The molecule has 17 heavy (non-hydrogen) atoms. The Morgan fingerprint density at radius 3 is 2.65 bits per heavy atom. The second kappa shape index (κ2) is 3.97. The molecule has 0 saturated carbocycles. The number of ether oxygens (including phenoxy) is 3. The Morgan fingerprint density at radius 1 is 1.41 bits per heavy atom. The maximum absolute atomic E-state index is 11.5. The first-order chi connectivity index (χ1) is 8.10. The van der Waals surface area contributed by atoms with Crippen molar-refractivity contribution in [1.29, 1.82) is 0 Å². The molecule has 0 saturated heterocycles. The van der Waals surface area contributed by atoms with Crippen molar-refractivity contribution < 1.29 is 28.9 Å². The van der Waals surface area contributed by atoms with Crippen molar-refractivity contribution in [2.24, 2.45) is 0 Å². The molecule has 0 aliphatic carbocycles. The predicted octanol–water partition coefficient (Wildman–Crippen LogP) is 1.07. The minimum absolute atomic E-state index is 0.0191. The fraction of sp³-hybridized carbons (Fsp3) is 0.273. The van der Waals surface area contributed by atoms with Gasteiger partial charge in [0.1, 0.15) is 23.5 Å². The maximum atomic E-state index is 11.5. The molecule has 0 unspecified atom stereocenters. The standard InChI is InChI=1S/C11H10O6/c1-15-6-3-5-4-17-11(14)7(5)9(16-2)8(6)10(12)13/h3H,4H2,1-2H3,(H,12,13). The van der Waals surface area contributed by atoms with E-state index in [1.54, 1.807) is 0 Å². The molecule has 1 aromatic rings. The third-order valence-corrected chi connectivity index (χ3v) is 2.53. The van der Waals surface area contributed by atoms with Gasteiger partial charge in [0.15, 0.2) is 5.75 Å². The molecular formula is C11H10O6. The van der Waals surface area contributed by atoms with Gasteiger partial charge in [0.05, 0.1) is 14.2 Å². The monoisotopic (exact) mass is 238 g/mol. The number of fused-ring (bicyclic) bond motifs is 1. The van der Waals surface area contributed by atoms with Crippen molar-refractivity contribution in [3.05, 3.63) is 22.8 Å². The second-order valence-electron chi connectivity index (χ2n) is 3.40. The number of esters is 1. The molecule has 1 aliphatic heterocycles. The summed E-state index contributed by atoms with van der Waals surface area (Å²) in [6.45, 7) is 0.0980. The van der Waals surface area contributed by atoms with Crippen LogP contribution >= 0.6 is 0 Å². The molecule has 1 N–H and O–H groups in total. The molecule has 1 heterocycles. The first-order valence-corrected chi connectivity index (χ1v) is 4.78. The van der Waals surface area contributed by atoms with E-state index in [0.717, 1.165) is 0 Å². The quantitative estimate of drug-likeness (QED) is 0.793. The highest BCUT2D eigenvalue weighted by atomic mass is 16.5. The number of methoxy groups -OCH3 is 2. The summed E-state index contributed by atoms with van der Waals surface area (Å²) < 4.78 is 14.8. The first-order valence-electron chi connectivity index (χ1n) is 4.78. The lowest BCUT2D eigenvalue weighted by Crippen LogP contribution is -2.08. The molecular weight excluding hydrogens is 228 g/mol. The van der Waals surface area contributed by atoms with Crippen LogP contribution in [0.1, 0.15) is 26.3 Å². The molecule has 0 atom stereocenters. The van der Waals surface area contributed by atoms with Gasteiger partial charge in [0.25, 0.3) is 0 Å². The van der Waals surface area contributed by atoms with E-state index in [-0.39, 0.29) is 29.2 Å². The average molecular weight is 238 g/mol. The van der Waals surface area contributed by atoms with Gasteiger partial charge in [0, 0.05) is 5.56 Å². The van der Waals surface area contributed by atoms with Crippen LogP contribution in [0.5, 0.6) is 11.5 Å². The highest BCUT2D eigenvalue weighted by Gasteiger charge is 2.32. The largest absolute Gasteiger partial charge is 0.496 e. The van der Waals surface area contributed by atoms with Crippen LogP contribution in [0.25, 0.3) is 0 Å². The SMILES string of the molecule is COc1cc2c(c(OC)c1C(=O)O)C(=O)OC2. The number of benzene rings is 1. The lowest BCUT2D eigenvalue weighted by atomic mass is 10.0. The number of carbonyl (C=O) groups is 2. The summed E-state index contributed by atoms with van der Waals surface area (Å²) in [6, 6.07) is 1.48. The second-order valence-corrected chi connectivity index (χ2v) is 3.40. The Labute approximate surface area is 96.7 Å². The van der Waals surface area contributed by atoms with Crippen molar-refractivity contribution in [3.8, 4) is 11.5 Å². The fourth-order valence-corrected chi connectivity index (χ4v) is 1.81. The van der Waals surface area contributed by atoms with Gasteiger partial charge in [-0.3, -0.25) is 0 Å². The maximum Gasteiger partial charge on any atom is 0.343 e. The Kier molecular flexibility index (Phi) is 2.63. The zero-order chi connectivity index (χ0) is 12.6. The van der Waals surface area contributed by atoms with Gasteiger partial charge in [0.2, 0.25) is 0 Å². The number of aromatic carboxylic acids is 1. The van der Waals surface area contributed by atoms with Crippen molar-refractivity contribution in [2.75, 3.05) is 14.2 Å². The highest BCUT2D eigenvalue weighted by Crippen LogP contribution is 2.38. The Hall–Kier alpha value is -2.24. The van der Waals surface area contributed by atoms with E-state index >= 15 is 0 Å². The molecule has 0 amide bonds. The number of carboxylic acid groups (broad SMARTS) is 1. The van der Waals surface area contributed by atoms with E-state index in [1.165, 1.54) is 20.3 Å². The number of hydrogen-bond acceptors (Lipinski definition) is 5. The average Bonchev–Trinajstić information content (AvgIpc) is 2.68. The molecule has 1 aliphatic rings. The molecule has 0 fully saturated rings. The van der Waals surface area contributed by atoms with E-state index in [9.17, 15) is 9.59 Å². The normalized spacial score (nSPS) is 12.9. The van der Waals surface area contributed by atoms with Crippen LogP contribution in [-0.2, 0) is 11.3 Å². The number of carbonyl (C=O) groups excluding carboxylic acids is 1. The summed E-state index contributed by atoms with van der Waals surface area (Å²) >= 11 is 0. The van der Waals surface area contributed by atoms with Crippen LogP contribution in [0.3, 0.4) is 0 Å². The molecule has 1 aromatic carbocycles. The number of cyclic esters (lactones) is 1. The summed E-state index contributed by atoms with van der Waals surface area (Å²) in [7, 11) is 2.65. The minimum atomic E-state index is -1.22. The summed E-state index contributed by atoms with van der Waals surface area (Å²) in [5.41, 5.74) is 0.548. The van der Waals surface area contributed by atoms with Gasteiger partial charge in [-0.05, 0) is 6.07 Å². The van der Waals surface area contributed by atoms with Gasteiger partial charge >= 0.3 is 11.9 Å². The number of rotatable bonds is 3. The van der Waals surface area contributed by atoms with Gasteiger partial charge in [-0.15, -0.1) is 0 Å². The van der Waals surface area contributed by atoms with Crippen LogP contribution < -0.4 is 9.47 Å². The van der Waals surface area contributed by atoms with Crippen molar-refractivity contribution in [3.63, 3.8) is 0 Å². The zero-order valence-electron chi connectivity index (χ0n) is 9.27. The van der Waals surface area contributed by atoms with Crippen molar-refractivity contribution >= 4 is 11.9 Å². The molecule has 90 valence electrons. The molecule has 0 spiro atoms. The summed E-state index contributed by atoms with van der Waals surface area (Å²) in [5, 5.41) is 9.11. The number of hydrogen-bond donors (Lipinski definition) is 1. The molecule has 2 rings (SSSR count). The van der Waals surface area contributed by atoms with E-state index in [2.05, 4.69) is 0 Å². The fourth-order valence-electron chi connectivity index (χ4n) is 1.81. The molecule has 0 bridgehead atoms. The van der Waals surface area contributed by atoms with Gasteiger partial charge in [-0.1, -0.05) is 0 Å². The third kappa shape index (κ3) is 1.57. The Bertz CT molecular complexity index is 505. The van der Waals surface area contributed by atoms with E-state index in [1.807, 2.05) is 0 Å². The highest BCUT2D eigenvalue weighted by molar-refractivity contribution is 6.03. The zero-order valence-corrected chi connectivity index (χ0v) is 9.27. The van der Waals surface area contributed by atoms with Gasteiger partial charge in [-0.2, -0.15) is 0 Å². The lowest BCUT2D eigenvalue weighted by molar-refractivity contribution is 0.0533. The molecule has 6 heteroatoms. The molecule has 6 nitrogen and oxygen atoms in total. The Morgan fingerprint density at radius 2 is 2.12 bits per heavy atom.